The van der Waals surface area contributed by atoms with Gasteiger partial charge in [0.25, 0.3) is 5.91 Å². The molecule has 0 atom stereocenters. The maximum absolute atomic E-state index is 12.4. The van der Waals surface area contributed by atoms with Crippen molar-refractivity contribution >= 4 is 62.9 Å². The molecule has 2 N–H and O–H groups in total. The fraction of sp³-hybridized carbons (Fsp3) is 0.0400. The molecule has 0 saturated heterocycles. The number of fused-ring (bicyclic) bond motifs is 1. The zero-order valence-electron chi connectivity index (χ0n) is 17.0. The van der Waals surface area contributed by atoms with E-state index in [9.17, 15) is 4.79 Å². The molecule has 0 saturated carbocycles. The van der Waals surface area contributed by atoms with E-state index in [4.69, 9.17) is 40.2 Å². The van der Waals surface area contributed by atoms with Gasteiger partial charge in [0.2, 0.25) is 0 Å². The summed E-state index contributed by atoms with van der Waals surface area (Å²) in [5, 5.41) is 8.73. The van der Waals surface area contributed by atoms with Crippen molar-refractivity contribution in [3.8, 4) is 11.5 Å². The lowest BCUT2D eigenvalue weighted by molar-refractivity contribution is 0.0978. The van der Waals surface area contributed by atoms with Gasteiger partial charge in [-0.15, -0.1) is 0 Å². The molecule has 160 valence electrons. The van der Waals surface area contributed by atoms with Crippen LogP contribution in [0.3, 0.4) is 0 Å². The molecule has 7 heteroatoms. The van der Waals surface area contributed by atoms with Crippen LogP contribution in [0.25, 0.3) is 10.8 Å². The van der Waals surface area contributed by atoms with E-state index in [0.29, 0.717) is 21.4 Å². The van der Waals surface area contributed by atoms with Gasteiger partial charge >= 0.3 is 0 Å². The highest BCUT2D eigenvalue weighted by Crippen LogP contribution is 2.35. The summed E-state index contributed by atoms with van der Waals surface area (Å²) in [5.41, 5.74) is 1.97. The van der Waals surface area contributed by atoms with Gasteiger partial charge in [-0.2, -0.15) is 0 Å². The molecule has 0 bridgehead atoms. The van der Waals surface area contributed by atoms with Crippen molar-refractivity contribution in [3.63, 3.8) is 0 Å². The molecular weight excluding hydrogens is 463 g/mol. The lowest BCUT2D eigenvalue weighted by Crippen LogP contribution is -2.34. The maximum atomic E-state index is 12.4. The third-order valence-electron chi connectivity index (χ3n) is 4.83. The number of nitrogens with one attached hydrogen (secondary N) is 2. The molecule has 32 heavy (non-hydrogen) atoms. The summed E-state index contributed by atoms with van der Waals surface area (Å²) in [5.74, 6) is 1.05. The Balaban J connectivity index is 1.47. The van der Waals surface area contributed by atoms with E-state index in [1.807, 2.05) is 61.5 Å². The number of carbonyl (C=O) groups excluding carboxylic acids is 1. The molecule has 0 aliphatic rings. The lowest BCUT2D eigenvalue weighted by Gasteiger charge is -2.14. The number of thiocarbonyl (C=S) groups is 1. The van der Waals surface area contributed by atoms with Crippen LogP contribution in [0.5, 0.6) is 11.5 Å². The van der Waals surface area contributed by atoms with Crippen molar-refractivity contribution in [3.05, 3.63) is 100 Å². The number of hydrogen-bond donors (Lipinski definition) is 2. The lowest BCUT2D eigenvalue weighted by atomic mass is 10.1. The number of halogens is 2. The summed E-state index contributed by atoms with van der Waals surface area (Å²) in [6, 6.07) is 23.9. The smallest absolute Gasteiger partial charge is 0.258 e. The minimum absolute atomic E-state index is 0.173. The normalized spacial score (nSPS) is 10.6. The number of hydrogen-bond acceptors (Lipinski definition) is 3. The second-order valence-corrected chi connectivity index (χ2v) is 8.28. The molecule has 0 aliphatic carbocycles. The summed E-state index contributed by atoms with van der Waals surface area (Å²) in [6.45, 7) is 1.93. The standard InChI is InChI=1S/C25H18Cl2N2O2S/c1-15-14-16(28-25(32)29-24(30)19-8-4-5-9-20(19)26)10-12-22(15)31-23-13-11-21(27)17-6-2-3-7-18(17)23/h2-14H,1H3,(H2,28,29,30,32). The molecule has 1 amide bonds. The highest BCUT2D eigenvalue weighted by Gasteiger charge is 2.12. The molecule has 0 aromatic heterocycles. The van der Waals surface area contributed by atoms with Gasteiger partial charge in [0.05, 0.1) is 10.6 Å². The van der Waals surface area contributed by atoms with E-state index in [1.54, 1.807) is 24.3 Å². The Kier molecular flexibility index (Phi) is 6.61. The first kappa shape index (κ1) is 22.1. The third kappa shape index (κ3) is 4.86. The molecule has 0 aliphatic heterocycles. The fourth-order valence-electron chi connectivity index (χ4n) is 3.26. The molecule has 4 nitrogen and oxygen atoms in total. The number of carbonyl (C=O) groups is 1. The highest BCUT2D eigenvalue weighted by molar-refractivity contribution is 7.80. The van der Waals surface area contributed by atoms with E-state index in [2.05, 4.69) is 10.6 Å². The van der Waals surface area contributed by atoms with Gasteiger partial charge in [-0.1, -0.05) is 59.6 Å². The van der Waals surface area contributed by atoms with Gasteiger partial charge in [-0.3, -0.25) is 10.1 Å². The SMILES string of the molecule is Cc1cc(NC(=S)NC(=O)c2ccccc2Cl)ccc1Oc1ccc(Cl)c2ccccc12. The van der Waals surface area contributed by atoms with E-state index in [-0.39, 0.29) is 11.0 Å². The van der Waals surface area contributed by atoms with Gasteiger partial charge < -0.3 is 10.1 Å². The van der Waals surface area contributed by atoms with Crippen LogP contribution in [0.1, 0.15) is 15.9 Å². The summed E-state index contributed by atoms with van der Waals surface area (Å²) in [6.07, 6.45) is 0. The Hall–Kier alpha value is -3.12. The molecule has 4 aromatic carbocycles. The van der Waals surface area contributed by atoms with Gasteiger partial charge in [0, 0.05) is 21.5 Å². The zero-order valence-corrected chi connectivity index (χ0v) is 19.3. The van der Waals surface area contributed by atoms with Crippen LogP contribution in [0.4, 0.5) is 5.69 Å². The van der Waals surface area contributed by atoms with Crippen molar-refractivity contribution in [1.82, 2.24) is 5.32 Å². The summed E-state index contributed by atoms with van der Waals surface area (Å²) >= 11 is 17.6. The van der Waals surface area contributed by atoms with Crippen LogP contribution in [0, 0.1) is 6.92 Å². The van der Waals surface area contributed by atoms with Crippen LogP contribution < -0.4 is 15.4 Å². The minimum atomic E-state index is -0.376. The van der Waals surface area contributed by atoms with Crippen molar-refractivity contribution < 1.29 is 9.53 Å². The summed E-state index contributed by atoms with van der Waals surface area (Å²) in [7, 11) is 0. The number of rotatable bonds is 4. The second-order valence-electron chi connectivity index (χ2n) is 7.06. The number of anilines is 1. The topological polar surface area (TPSA) is 50.4 Å². The molecule has 0 heterocycles. The molecular formula is C25H18Cl2N2O2S. The molecule has 0 radical (unpaired) electrons. The second kappa shape index (κ2) is 9.57. The number of aryl methyl sites for hydroxylation is 1. The zero-order chi connectivity index (χ0) is 22.7. The monoisotopic (exact) mass is 480 g/mol. The quantitative estimate of drug-likeness (QED) is 0.299. The average molecular weight is 481 g/mol. The predicted molar refractivity (Wildman–Crippen MR) is 135 cm³/mol. The summed E-state index contributed by atoms with van der Waals surface area (Å²) in [4.78, 5) is 12.4. The van der Waals surface area contributed by atoms with E-state index < -0.39 is 0 Å². The number of benzene rings is 4. The molecule has 4 aromatic rings. The van der Waals surface area contributed by atoms with Crippen LogP contribution >= 0.6 is 35.4 Å². The van der Waals surface area contributed by atoms with E-state index >= 15 is 0 Å². The number of amides is 1. The van der Waals surface area contributed by atoms with Gasteiger partial charge in [0.15, 0.2) is 5.11 Å². The van der Waals surface area contributed by atoms with Crippen LogP contribution in [-0.2, 0) is 0 Å². The van der Waals surface area contributed by atoms with Gasteiger partial charge in [-0.05, 0) is 67.2 Å². The molecule has 0 fully saturated rings. The van der Waals surface area contributed by atoms with Gasteiger partial charge in [0.1, 0.15) is 11.5 Å². The Morgan fingerprint density at radius 2 is 1.53 bits per heavy atom. The van der Waals surface area contributed by atoms with Crippen LogP contribution in [0.15, 0.2) is 78.9 Å². The average Bonchev–Trinajstić information content (AvgIpc) is 2.77. The Bertz CT molecular complexity index is 1340. The largest absolute Gasteiger partial charge is 0.456 e. The predicted octanol–water partition coefficient (Wildman–Crippen LogP) is 7.37. The minimum Gasteiger partial charge on any atom is -0.456 e. The third-order valence-corrected chi connectivity index (χ3v) is 5.69. The van der Waals surface area contributed by atoms with Crippen molar-refractivity contribution in [1.29, 1.82) is 0 Å². The van der Waals surface area contributed by atoms with Crippen molar-refractivity contribution in [2.45, 2.75) is 6.92 Å². The number of ether oxygens (including phenoxy) is 1. The first-order valence-corrected chi connectivity index (χ1v) is 10.9. The highest BCUT2D eigenvalue weighted by atomic mass is 35.5. The van der Waals surface area contributed by atoms with Crippen LogP contribution in [0.2, 0.25) is 10.0 Å². The van der Waals surface area contributed by atoms with Gasteiger partial charge in [-0.25, -0.2) is 0 Å². The van der Waals surface area contributed by atoms with Crippen LogP contribution in [-0.4, -0.2) is 11.0 Å². The van der Waals surface area contributed by atoms with Crippen molar-refractivity contribution in [2.75, 3.05) is 5.32 Å². The maximum Gasteiger partial charge on any atom is 0.258 e. The van der Waals surface area contributed by atoms with Crippen molar-refractivity contribution in [2.24, 2.45) is 0 Å². The molecule has 0 unspecified atom stereocenters. The molecule has 4 rings (SSSR count). The Morgan fingerprint density at radius 3 is 2.28 bits per heavy atom. The van der Waals surface area contributed by atoms with E-state index in [0.717, 1.165) is 27.8 Å². The first-order valence-electron chi connectivity index (χ1n) is 9.75. The molecule has 0 spiro atoms. The summed E-state index contributed by atoms with van der Waals surface area (Å²) < 4.78 is 6.17. The van der Waals surface area contributed by atoms with E-state index in [1.165, 1.54) is 0 Å². The fourth-order valence-corrected chi connectivity index (χ4v) is 3.92. The Labute approximate surface area is 201 Å². The Morgan fingerprint density at radius 1 is 0.844 bits per heavy atom. The first-order chi connectivity index (χ1) is 15.4.